The van der Waals surface area contributed by atoms with Gasteiger partial charge in [0.2, 0.25) is 0 Å². The summed E-state index contributed by atoms with van der Waals surface area (Å²) in [7, 11) is -7.95. The van der Waals surface area contributed by atoms with E-state index in [0.29, 0.717) is 0 Å². The van der Waals surface area contributed by atoms with Crippen LogP contribution < -0.4 is 0 Å². The lowest BCUT2D eigenvalue weighted by atomic mass is 10.0. The number of hydrogen-bond acceptors (Lipinski definition) is 7. The minimum absolute atomic E-state index is 0.0500. The maximum atomic E-state index is 12.5. The fraction of sp³-hybridized carbons (Fsp3) is 0.300. The third-order valence-electron chi connectivity index (χ3n) is 4.79. The predicted octanol–water partition coefficient (Wildman–Crippen LogP) is 2.49. The summed E-state index contributed by atoms with van der Waals surface area (Å²) in [5.74, 6) is 0. The molecule has 1 aliphatic carbocycles. The van der Waals surface area contributed by atoms with E-state index in [9.17, 15) is 16.8 Å². The first-order chi connectivity index (χ1) is 13.7. The Morgan fingerprint density at radius 3 is 1.34 bits per heavy atom. The van der Waals surface area contributed by atoms with Crippen LogP contribution in [0.2, 0.25) is 0 Å². The van der Waals surface area contributed by atoms with E-state index in [0.717, 1.165) is 11.1 Å². The van der Waals surface area contributed by atoms with E-state index >= 15 is 0 Å². The van der Waals surface area contributed by atoms with Crippen LogP contribution in [0.5, 0.6) is 0 Å². The van der Waals surface area contributed by atoms with Crippen LogP contribution in [0.4, 0.5) is 0 Å². The van der Waals surface area contributed by atoms with E-state index < -0.39 is 44.7 Å². The minimum atomic E-state index is -3.97. The summed E-state index contributed by atoms with van der Waals surface area (Å²) in [5, 5.41) is 0. The fourth-order valence-electron chi connectivity index (χ4n) is 3.09. The molecule has 0 bridgehead atoms. The second kappa shape index (κ2) is 7.33. The zero-order valence-corrected chi connectivity index (χ0v) is 17.4. The molecule has 0 spiro atoms. The highest BCUT2D eigenvalue weighted by atomic mass is 32.2. The Morgan fingerprint density at radius 2 is 1.00 bits per heavy atom. The van der Waals surface area contributed by atoms with Crippen LogP contribution in [0.1, 0.15) is 11.1 Å². The monoisotopic (exact) mass is 436 g/mol. The maximum Gasteiger partial charge on any atom is 0.297 e. The van der Waals surface area contributed by atoms with Gasteiger partial charge in [-0.05, 0) is 38.1 Å². The number of ether oxygens (including phenoxy) is 1. The Bertz CT molecular complexity index is 1040. The highest BCUT2D eigenvalue weighted by molar-refractivity contribution is 7.87. The molecule has 1 saturated heterocycles. The van der Waals surface area contributed by atoms with Crippen molar-refractivity contribution in [3.05, 3.63) is 71.8 Å². The Morgan fingerprint density at radius 1 is 0.655 bits per heavy atom. The van der Waals surface area contributed by atoms with Gasteiger partial charge in [-0.2, -0.15) is 16.8 Å². The molecule has 9 heteroatoms. The highest BCUT2D eigenvalue weighted by Gasteiger charge is 2.54. The first-order valence-corrected chi connectivity index (χ1v) is 11.8. The van der Waals surface area contributed by atoms with Gasteiger partial charge in [0.15, 0.2) is 0 Å². The van der Waals surface area contributed by atoms with Gasteiger partial charge in [0, 0.05) is 0 Å². The molecule has 2 aromatic rings. The Labute approximate surface area is 170 Å². The SMILES string of the molecule is Cc1ccc(S(=O)(=O)O[C@H]2C=C[C@@H](OS(=O)(=O)c3ccc(C)cc3)[C@H]3O[C@H]32)cc1. The maximum absolute atomic E-state index is 12.5. The van der Waals surface area contributed by atoms with Crippen molar-refractivity contribution in [3.63, 3.8) is 0 Å². The minimum Gasteiger partial charge on any atom is -0.363 e. The standard InChI is InChI=1S/C20H20O7S2/c1-13-3-7-15(8-4-13)28(21,22)26-17-11-12-18(20-19(17)25-20)27-29(23,24)16-9-5-14(2)6-10-16/h3-12,17-20H,1-2H3/t17-,18+,19-,20+. The quantitative estimate of drug-likeness (QED) is 0.390. The number of rotatable bonds is 6. The summed E-state index contributed by atoms with van der Waals surface area (Å²) in [6, 6.07) is 12.6. The lowest BCUT2D eigenvalue weighted by Crippen LogP contribution is -2.33. The van der Waals surface area contributed by atoms with Crippen LogP contribution in [0.3, 0.4) is 0 Å². The lowest BCUT2D eigenvalue weighted by molar-refractivity contribution is 0.206. The van der Waals surface area contributed by atoms with Crippen molar-refractivity contribution in [2.24, 2.45) is 0 Å². The topological polar surface area (TPSA) is 99.3 Å². The molecular formula is C20H20O7S2. The van der Waals surface area contributed by atoms with Gasteiger partial charge in [-0.1, -0.05) is 47.5 Å². The Hall–Kier alpha value is -2.04. The third-order valence-corrected chi connectivity index (χ3v) is 7.44. The predicted molar refractivity (Wildman–Crippen MR) is 104 cm³/mol. The fourth-order valence-corrected chi connectivity index (χ4v) is 5.18. The van der Waals surface area contributed by atoms with E-state index in [1.807, 2.05) is 13.8 Å². The third kappa shape index (κ3) is 4.29. The van der Waals surface area contributed by atoms with Crippen molar-refractivity contribution in [2.75, 3.05) is 0 Å². The van der Waals surface area contributed by atoms with E-state index in [4.69, 9.17) is 13.1 Å². The van der Waals surface area contributed by atoms with Crippen LogP contribution in [0.25, 0.3) is 0 Å². The van der Waals surface area contributed by atoms with E-state index in [1.165, 1.54) is 36.4 Å². The Kier molecular flexibility index (Phi) is 5.12. The summed E-state index contributed by atoms with van der Waals surface area (Å²) in [6.07, 6.45) is 0.0862. The first kappa shape index (κ1) is 20.2. The zero-order valence-electron chi connectivity index (χ0n) is 15.8. The number of aryl methyl sites for hydroxylation is 2. The number of epoxide rings is 1. The van der Waals surface area contributed by atoms with Crippen molar-refractivity contribution in [1.82, 2.24) is 0 Å². The molecule has 2 aliphatic rings. The number of fused-ring (bicyclic) bond motifs is 1. The highest BCUT2D eigenvalue weighted by Crippen LogP contribution is 2.38. The Balaban J connectivity index is 1.46. The molecule has 29 heavy (non-hydrogen) atoms. The van der Waals surface area contributed by atoms with Gasteiger partial charge in [-0.25, -0.2) is 0 Å². The molecule has 154 valence electrons. The molecule has 1 aliphatic heterocycles. The van der Waals surface area contributed by atoms with E-state index in [2.05, 4.69) is 0 Å². The van der Waals surface area contributed by atoms with Gasteiger partial charge >= 0.3 is 0 Å². The molecule has 2 aromatic carbocycles. The molecule has 1 heterocycles. The van der Waals surface area contributed by atoms with E-state index in [1.54, 1.807) is 24.3 Å². The summed E-state index contributed by atoms with van der Waals surface area (Å²) in [4.78, 5) is 0.100. The molecule has 0 radical (unpaired) electrons. The molecule has 0 aromatic heterocycles. The van der Waals surface area contributed by atoms with Gasteiger partial charge in [0.25, 0.3) is 20.2 Å². The number of hydrogen-bond donors (Lipinski definition) is 0. The molecule has 0 unspecified atom stereocenters. The summed E-state index contributed by atoms with van der Waals surface area (Å²) in [5.41, 5.74) is 1.86. The van der Waals surface area contributed by atoms with Crippen LogP contribution in [0, 0.1) is 13.8 Å². The lowest BCUT2D eigenvalue weighted by Gasteiger charge is -2.19. The van der Waals surface area contributed by atoms with Crippen molar-refractivity contribution >= 4 is 20.2 Å². The summed E-state index contributed by atoms with van der Waals surface area (Å²) >= 11 is 0. The normalized spacial score (nSPS) is 26.1. The molecule has 4 atom stereocenters. The van der Waals surface area contributed by atoms with Gasteiger partial charge in [0.1, 0.15) is 24.4 Å². The van der Waals surface area contributed by atoms with Gasteiger partial charge in [-0.3, -0.25) is 8.37 Å². The molecule has 0 amide bonds. The molecule has 0 N–H and O–H groups in total. The average Bonchev–Trinajstić information content (AvgIpc) is 3.46. The van der Waals surface area contributed by atoms with Gasteiger partial charge < -0.3 is 4.74 Å². The van der Waals surface area contributed by atoms with Crippen molar-refractivity contribution in [3.8, 4) is 0 Å². The largest absolute Gasteiger partial charge is 0.363 e. The molecule has 7 nitrogen and oxygen atoms in total. The van der Waals surface area contributed by atoms with Crippen molar-refractivity contribution in [1.29, 1.82) is 0 Å². The smallest absolute Gasteiger partial charge is 0.297 e. The molecular weight excluding hydrogens is 416 g/mol. The van der Waals surface area contributed by atoms with Crippen LogP contribution in [-0.2, 0) is 33.3 Å². The summed E-state index contributed by atoms with van der Waals surface area (Å²) < 4.78 is 65.9. The van der Waals surface area contributed by atoms with Crippen LogP contribution in [-0.4, -0.2) is 41.3 Å². The molecule has 4 rings (SSSR count). The first-order valence-electron chi connectivity index (χ1n) is 8.99. The van der Waals surface area contributed by atoms with Crippen LogP contribution in [0.15, 0.2) is 70.5 Å². The van der Waals surface area contributed by atoms with Crippen LogP contribution >= 0.6 is 0 Å². The van der Waals surface area contributed by atoms with Crippen molar-refractivity contribution in [2.45, 2.75) is 48.1 Å². The summed E-state index contributed by atoms with van der Waals surface area (Å²) in [6.45, 7) is 3.71. The average molecular weight is 437 g/mol. The second-order valence-corrected chi connectivity index (χ2v) is 10.3. The number of benzene rings is 2. The van der Waals surface area contributed by atoms with Gasteiger partial charge in [-0.15, -0.1) is 0 Å². The molecule has 1 fully saturated rings. The van der Waals surface area contributed by atoms with Gasteiger partial charge in [0.05, 0.1) is 9.79 Å². The second-order valence-electron chi connectivity index (χ2n) is 7.11. The zero-order chi connectivity index (χ0) is 20.8. The molecule has 0 saturated carbocycles. The van der Waals surface area contributed by atoms with E-state index in [-0.39, 0.29) is 9.79 Å². The van der Waals surface area contributed by atoms with Crippen molar-refractivity contribution < 1.29 is 29.9 Å².